The second-order valence-electron chi connectivity index (χ2n) is 4.49. The fraction of sp³-hybridized carbons (Fsp3) is 0.250. The molecule has 0 aromatic heterocycles. The molecular weight excluding hydrogens is 311 g/mol. The van der Waals surface area contributed by atoms with E-state index in [0.29, 0.717) is 18.0 Å². The summed E-state index contributed by atoms with van der Waals surface area (Å²) < 4.78 is 51.4. The maximum absolute atomic E-state index is 12.3. The summed E-state index contributed by atoms with van der Waals surface area (Å²) in [7, 11) is 1.57. The normalized spacial score (nSPS) is 11.0. The Labute approximate surface area is 131 Å². The molecule has 0 aliphatic carbocycles. The molecule has 0 unspecified atom stereocenters. The van der Waals surface area contributed by atoms with E-state index in [1.54, 1.807) is 37.4 Å². The quantitative estimate of drug-likeness (QED) is 0.778. The van der Waals surface area contributed by atoms with Crippen LogP contribution < -0.4 is 19.5 Å². The Morgan fingerprint density at radius 2 is 1.61 bits per heavy atom. The predicted molar refractivity (Wildman–Crippen MR) is 80.1 cm³/mol. The molecule has 4 nitrogen and oxygen atoms in total. The molecule has 2 aromatic carbocycles. The highest BCUT2D eigenvalue weighted by atomic mass is 19.4. The molecule has 0 aliphatic heterocycles. The third kappa shape index (κ3) is 5.61. The lowest BCUT2D eigenvalue weighted by molar-refractivity contribution is -0.274. The lowest BCUT2D eigenvalue weighted by Gasteiger charge is -2.14. The van der Waals surface area contributed by atoms with Crippen molar-refractivity contribution in [3.63, 3.8) is 0 Å². The summed E-state index contributed by atoms with van der Waals surface area (Å²) in [6.45, 7) is 0.608. The van der Waals surface area contributed by atoms with Gasteiger partial charge in [-0.15, -0.1) is 13.2 Å². The van der Waals surface area contributed by atoms with Crippen molar-refractivity contribution in [1.29, 1.82) is 0 Å². The van der Waals surface area contributed by atoms with Crippen LogP contribution >= 0.6 is 0 Å². The van der Waals surface area contributed by atoms with Crippen molar-refractivity contribution in [3.05, 3.63) is 48.5 Å². The van der Waals surface area contributed by atoms with E-state index in [9.17, 15) is 13.2 Å². The van der Waals surface area contributed by atoms with Gasteiger partial charge in [0, 0.05) is 6.54 Å². The van der Waals surface area contributed by atoms with Crippen LogP contribution in [0.5, 0.6) is 17.2 Å². The molecule has 0 spiro atoms. The summed E-state index contributed by atoms with van der Waals surface area (Å²) >= 11 is 0. The van der Waals surface area contributed by atoms with Crippen LogP contribution in [0.4, 0.5) is 18.9 Å². The first-order valence-electron chi connectivity index (χ1n) is 6.83. The van der Waals surface area contributed by atoms with Gasteiger partial charge >= 0.3 is 6.36 Å². The number of methoxy groups -OCH3 is 1. The summed E-state index contributed by atoms with van der Waals surface area (Å²) in [5, 5.41) is 2.85. The second kappa shape index (κ2) is 7.62. The van der Waals surface area contributed by atoms with Crippen LogP contribution in [-0.4, -0.2) is 26.6 Å². The number of hydrogen-bond donors (Lipinski definition) is 1. The molecular formula is C16H16F3NO3. The van der Waals surface area contributed by atoms with Crippen molar-refractivity contribution >= 4 is 5.69 Å². The first-order chi connectivity index (χ1) is 11.0. The average molecular weight is 327 g/mol. The Hall–Kier alpha value is -2.57. The number of halogens is 3. The van der Waals surface area contributed by atoms with Crippen LogP contribution in [0.1, 0.15) is 0 Å². The zero-order valence-electron chi connectivity index (χ0n) is 12.4. The molecule has 0 radical (unpaired) electrons. The summed E-state index contributed by atoms with van der Waals surface area (Å²) in [5.41, 5.74) is 0.253. The van der Waals surface area contributed by atoms with Crippen molar-refractivity contribution < 1.29 is 27.4 Å². The van der Waals surface area contributed by atoms with Crippen LogP contribution in [0, 0.1) is 0 Å². The van der Waals surface area contributed by atoms with E-state index in [-0.39, 0.29) is 18.0 Å². The Morgan fingerprint density at radius 1 is 0.957 bits per heavy atom. The lowest BCUT2D eigenvalue weighted by atomic mass is 10.3. The van der Waals surface area contributed by atoms with Gasteiger partial charge in [-0.3, -0.25) is 0 Å². The molecule has 124 valence electrons. The molecule has 1 N–H and O–H groups in total. The van der Waals surface area contributed by atoms with Crippen molar-refractivity contribution in [3.8, 4) is 17.2 Å². The maximum Gasteiger partial charge on any atom is 0.573 e. The Balaban J connectivity index is 1.84. The van der Waals surface area contributed by atoms with E-state index in [2.05, 4.69) is 10.1 Å². The van der Waals surface area contributed by atoms with Crippen molar-refractivity contribution in [2.75, 3.05) is 25.6 Å². The van der Waals surface area contributed by atoms with Gasteiger partial charge in [0.15, 0.2) is 5.75 Å². The second-order valence-corrected chi connectivity index (χ2v) is 4.49. The van der Waals surface area contributed by atoms with Crippen molar-refractivity contribution in [2.45, 2.75) is 6.36 Å². The average Bonchev–Trinajstić information content (AvgIpc) is 2.52. The Morgan fingerprint density at radius 3 is 2.26 bits per heavy atom. The van der Waals surface area contributed by atoms with Crippen LogP contribution in [0.3, 0.4) is 0 Å². The Bertz CT molecular complexity index is 615. The minimum absolute atomic E-state index is 0.253. The monoisotopic (exact) mass is 327 g/mol. The van der Waals surface area contributed by atoms with Gasteiger partial charge in [0.25, 0.3) is 0 Å². The van der Waals surface area contributed by atoms with Gasteiger partial charge in [-0.2, -0.15) is 0 Å². The summed E-state index contributed by atoms with van der Waals surface area (Å²) in [4.78, 5) is 0. The van der Waals surface area contributed by atoms with Crippen molar-refractivity contribution in [2.24, 2.45) is 0 Å². The van der Waals surface area contributed by atoms with E-state index in [1.807, 2.05) is 0 Å². The lowest BCUT2D eigenvalue weighted by Crippen LogP contribution is -2.19. The van der Waals surface area contributed by atoms with Gasteiger partial charge in [0.1, 0.15) is 18.1 Å². The van der Waals surface area contributed by atoms with E-state index in [1.165, 1.54) is 18.2 Å². The van der Waals surface area contributed by atoms with Gasteiger partial charge in [0.05, 0.1) is 12.8 Å². The molecule has 0 fully saturated rings. The van der Waals surface area contributed by atoms with E-state index < -0.39 is 6.36 Å². The number of anilines is 1. The fourth-order valence-corrected chi connectivity index (χ4v) is 1.85. The highest BCUT2D eigenvalue weighted by molar-refractivity contribution is 5.56. The maximum atomic E-state index is 12.3. The minimum atomic E-state index is -4.72. The molecule has 0 heterocycles. The van der Waals surface area contributed by atoms with E-state index in [0.717, 1.165) is 0 Å². The van der Waals surface area contributed by atoms with Crippen LogP contribution in [0.25, 0.3) is 0 Å². The first-order valence-corrected chi connectivity index (χ1v) is 6.83. The van der Waals surface area contributed by atoms with Gasteiger partial charge in [0.2, 0.25) is 0 Å². The summed E-state index contributed by atoms with van der Waals surface area (Å²) in [5.74, 6) is 1.09. The smallest absolute Gasteiger partial charge is 0.497 e. The van der Waals surface area contributed by atoms with Gasteiger partial charge in [-0.05, 0) is 36.4 Å². The Kier molecular flexibility index (Phi) is 5.56. The SMILES string of the molecule is COc1ccc(OCCNc2ccccc2OC(F)(F)F)cc1. The van der Waals surface area contributed by atoms with Crippen molar-refractivity contribution in [1.82, 2.24) is 0 Å². The number of hydrogen-bond acceptors (Lipinski definition) is 4. The van der Waals surface area contributed by atoms with Crippen LogP contribution in [-0.2, 0) is 0 Å². The number of alkyl halides is 3. The highest BCUT2D eigenvalue weighted by Crippen LogP contribution is 2.29. The third-order valence-corrected chi connectivity index (χ3v) is 2.86. The zero-order valence-corrected chi connectivity index (χ0v) is 12.4. The van der Waals surface area contributed by atoms with Crippen LogP contribution in [0.2, 0.25) is 0 Å². The predicted octanol–water partition coefficient (Wildman–Crippen LogP) is 4.08. The topological polar surface area (TPSA) is 39.7 Å². The fourth-order valence-electron chi connectivity index (χ4n) is 1.85. The number of para-hydroxylation sites is 2. The molecule has 0 saturated heterocycles. The van der Waals surface area contributed by atoms with E-state index >= 15 is 0 Å². The highest BCUT2D eigenvalue weighted by Gasteiger charge is 2.31. The molecule has 0 atom stereocenters. The third-order valence-electron chi connectivity index (χ3n) is 2.86. The molecule has 23 heavy (non-hydrogen) atoms. The standard InChI is InChI=1S/C16H16F3NO3/c1-21-12-6-8-13(9-7-12)22-11-10-20-14-4-2-3-5-15(14)23-16(17,18)19/h2-9,20H,10-11H2,1H3. The molecule has 0 amide bonds. The van der Waals surface area contributed by atoms with E-state index in [4.69, 9.17) is 9.47 Å². The first kappa shape index (κ1) is 16.8. The summed E-state index contributed by atoms with van der Waals surface area (Å²) in [6, 6.07) is 12.9. The number of benzene rings is 2. The van der Waals surface area contributed by atoms with Gasteiger partial charge in [-0.25, -0.2) is 0 Å². The molecule has 0 bridgehead atoms. The minimum Gasteiger partial charge on any atom is -0.497 e. The molecule has 0 saturated carbocycles. The molecule has 0 aliphatic rings. The number of nitrogens with one attached hydrogen (secondary N) is 1. The molecule has 2 aromatic rings. The van der Waals surface area contributed by atoms with Gasteiger partial charge < -0.3 is 19.5 Å². The molecule has 7 heteroatoms. The molecule has 2 rings (SSSR count). The zero-order chi connectivity index (χ0) is 16.7. The largest absolute Gasteiger partial charge is 0.573 e. The summed E-state index contributed by atoms with van der Waals surface area (Å²) in [6.07, 6.45) is -4.72. The number of rotatable bonds is 7. The number of ether oxygens (including phenoxy) is 3. The van der Waals surface area contributed by atoms with Gasteiger partial charge in [-0.1, -0.05) is 12.1 Å². The van der Waals surface area contributed by atoms with Crippen LogP contribution in [0.15, 0.2) is 48.5 Å².